The molecule has 1 nitrogen and oxygen atoms in total. The predicted octanol–water partition coefficient (Wildman–Crippen LogP) is 3.58. The van der Waals surface area contributed by atoms with E-state index in [1.54, 1.807) is 6.07 Å². The van der Waals surface area contributed by atoms with Crippen LogP contribution in [0.4, 0.5) is 4.39 Å². The van der Waals surface area contributed by atoms with Crippen LogP contribution in [-0.2, 0) is 5.54 Å². The highest BCUT2D eigenvalue weighted by molar-refractivity contribution is 5.26. The molecule has 0 amide bonds. The molecule has 3 rings (SSSR count). The summed E-state index contributed by atoms with van der Waals surface area (Å²) in [6.07, 6.45) is 7.05. The van der Waals surface area contributed by atoms with Gasteiger partial charge in [0.15, 0.2) is 0 Å². The summed E-state index contributed by atoms with van der Waals surface area (Å²) in [5.41, 5.74) is 6.80. The molecule has 2 unspecified atom stereocenters. The molecule has 2 fully saturated rings. The fourth-order valence-electron chi connectivity index (χ4n) is 3.43. The summed E-state index contributed by atoms with van der Waals surface area (Å²) in [4.78, 5) is 0. The Labute approximate surface area is 102 Å². The van der Waals surface area contributed by atoms with Crippen LogP contribution in [0.2, 0.25) is 0 Å². The summed E-state index contributed by atoms with van der Waals surface area (Å²) in [5.74, 6) is 1.48. The minimum atomic E-state index is -0.420. The summed E-state index contributed by atoms with van der Waals surface area (Å²) < 4.78 is 13.9. The lowest BCUT2D eigenvalue weighted by Crippen LogP contribution is -2.42. The van der Waals surface area contributed by atoms with Crippen LogP contribution in [-0.4, -0.2) is 0 Å². The van der Waals surface area contributed by atoms with Gasteiger partial charge in [0.2, 0.25) is 0 Å². The number of halogens is 1. The van der Waals surface area contributed by atoms with Gasteiger partial charge in [0.05, 0.1) is 0 Å². The molecule has 0 aliphatic heterocycles. The predicted molar refractivity (Wildman–Crippen MR) is 66.9 cm³/mol. The highest BCUT2D eigenvalue weighted by Gasteiger charge is 2.41. The SMILES string of the molecule is NC1(c2ccccc2F)CCCC(C2CC2)C1. The summed E-state index contributed by atoms with van der Waals surface area (Å²) in [5, 5.41) is 0. The van der Waals surface area contributed by atoms with Crippen molar-refractivity contribution in [3.8, 4) is 0 Å². The van der Waals surface area contributed by atoms with Gasteiger partial charge in [-0.1, -0.05) is 31.0 Å². The van der Waals surface area contributed by atoms with E-state index in [1.807, 2.05) is 12.1 Å². The van der Waals surface area contributed by atoms with Crippen LogP contribution >= 0.6 is 0 Å². The number of nitrogens with two attached hydrogens (primary N) is 1. The lowest BCUT2D eigenvalue weighted by molar-refractivity contribution is 0.202. The third kappa shape index (κ3) is 2.11. The van der Waals surface area contributed by atoms with Crippen molar-refractivity contribution in [3.63, 3.8) is 0 Å². The maximum Gasteiger partial charge on any atom is 0.128 e. The van der Waals surface area contributed by atoms with Crippen molar-refractivity contribution < 1.29 is 4.39 Å². The van der Waals surface area contributed by atoms with Gasteiger partial charge in [-0.05, 0) is 43.6 Å². The summed E-state index contributed by atoms with van der Waals surface area (Å²) in [6, 6.07) is 7.03. The average molecular weight is 233 g/mol. The van der Waals surface area contributed by atoms with Gasteiger partial charge >= 0.3 is 0 Å². The van der Waals surface area contributed by atoms with E-state index in [-0.39, 0.29) is 5.82 Å². The van der Waals surface area contributed by atoms with Gasteiger partial charge in [0.25, 0.3) is 0 Å². The molecule has 1 aromatic rings. The van der Waals surface area contributed by atoms with Crippen molar-refractivity contribution in [2.24, 2.45) is 17.6 Å². The maximum atomic E-state index is 13.9. The molecule has 0 saturated heterocycles. The highest BCUT2D eigenvalue weighted by Crippen LogP contribution is 2.48. The third-order valence-corrected chi connectivity index (χ3v) is 4.52. The summed E-state index contributed by atoms with van der Waals surface area (Å²) in [6.45, 7) is 0. The molecule has 0 radical (unpaired) electrons. The molecule has 0 bridgehead atoms. The minimum absolute atomic E-state index is 0.133. The Kier molecular flexibility index (Phi) is 2.70. The van der Waals surface area contributed by atoms with E-state index < -0.39 is 5.54 Å². The van der Waals surface area contributed by atoms with Crippen LogP contribution in [0, 0.1) is 17.7 Å². The fourth-order valence-corrected chi connectivity index (χ4v) is 3.43. The first-order chi connectivity index (χ1) is 8.19. The van der Waals surface area contributed by atoms with E-state index in [9.17, 15) is 4.39 Å². The maximum absolute atomic E-state index is 13.9. The van der Waals surface area contributed by atoms with Gasteiger partial charge in [0, 0.05) is 11.1 Å². The Morgan fingerprint density at radius 2 is 1.88 bits per heavy atom. The number of rotatable bonds is 2. The van der Waals surface area contributed by atoms with Crippen LogP contribution in [0.15, 0.2) is 24.3 Å². The van der Waals surface area contributed by atoms with E-state index in [0.717, 1.165) is 36.7 Å². The number of benzene rings is 1. The largest absolute Gasteiger partial charge is 0.321 e. The van der Waals surface area contributed by atoms with E-state index in [2.05, 4.69) is 0 Å². The van der Waals surface area contributed by atoms with Gasteiger partial charge < -0.3 is 5.73 Å². The molecular weight excluding hydrogens is 213 g/mol. The number of hydrogen-bond acceptors (Lipinski definition) is 1. The second kappa shape index (κ2) is 4.09. The molecule has 0 spiro atoms. The molecule has 17 heavy (non-hydrogen) atoms. The zero-order valence-corrected chi connectivity index (χ0v) is 10.2. The van der Waals surface area contributed by atoms with Crippen LogP contribution in [0.3, 0.4) is 0 Å². The molecule has 2 aliphatic rings. The molecule has 2 heteroatoms. The van der Waals surface area contributed by atoms with Gasteiger partial charge in [-0.3, -0.25) is 0 Å². The zero-order chi connectivity index (χ0) is 11.9. The summed E-state index contributed by atoms with van der Waals surface area (Å²) >= 11 is 0. The molecule has 0 heterocycles. The van der Waals surface area contributed by atoms with Crippen LogP contribution in [0.1, 0.15) is 44.1 Å². The Bertz CT molecular complexity index is 413. The van der Waals surface area contributed by atoms with E-state index >= 15 is 0 Å². The first-order valence-electron chi connectivity index (χ1n) is 6.73. The fraction of sp³-hybridized carbons (Fsp3) is 0.600. The van der Waals surface area contributed by atoms with E-state index in [1.165, 1.54) is 25.3 Å². The van der Waals surface area contributed by atoms with Crippen molar-refractivity contribution in [2.75, 3.05) is 0 Å². The second-order valence-corrected chi connectivity index (χ2v) is 5.83. The Morgan fingerprint density at radius 1 is 1.12 bits per heavy atom. The first kappa shape index (κ1) is 11.2. The van der Waals surface area contributed by atoms with E-state index in [0.29, 0.717) is 0 Å². The van der Waals surface area contributed by atoms with Crippen molar-refractivity contribution >= 4 is 0 Å². The molecule has 1 aromatic carbocycles. The monoisotopic (exact) mass is 233 g/mol. The lowest BCUT2D eigenvalue weighted by Gasteiger charge is -2.38. The second-order valence-electron chi connectivity index (χ2n) is 5.83. The zero-order valence-electron chi connectivity index (χ0n) is 10.2. The van der Waals surface area contributed by atoms with Gasteiger partial charge in [-0.2, -0.15) is 0 Å². The molecule has 2 N–H and O–H groups in total. The normalized spacial score (nSPS) is 33.6. The topological polar surface area (TPSA) is 26.0 Å². The van der Waals surface area contributed by atoms with Crippen molar-refractivity contribution in [1.29, 1.82) is 0 Å². The van der Waals surface area contributed by atoms with Crippen LogP contribution < -0.4 is 5.73 Å². The Morgan fingerprint density at radius 3 is 2.59 bits per heavy atom. The smallest absolute Gasteiger partial charge is 0.128 e. The quantitative estimate of drug-likeness (QED) is 0.830. The first-order valence-corrected chi connectivity index (χ1v) is 6.73. The van der Waals surface area contributed by atoms with Crippen molar-refractivity contribution in [3.05, 3.63) is 35.6 Å². The lowest BCUT2D eigenvalue weighted by atomic mass is 9.71. The van der Waals surface area contributed by atoms with Crippen LogP contribution in [0.5, 0.6) is 0 Å². The molecule has 2 aliphatic carbocycles. The molecule has 0 aromatic heterocycles. The summed E-state index contributed by atoms with van der Waals surface area (Å²) in [7, 11) is 0. The Balaban J connectivity index is 1.86. The van der Waals surface area contributed by atoms with Gasteiger partial charge in [-0.15, -0.1) is 0 Å². The van der Waals surface area contributed by atoms with Crippen molar-refractivity contribution in [2.45, 2.75) is 44.1 Å². The molecule has 92 valence electrons. The molecular formula is C15H20FN. The molecule has 2 saturated carbocycles. The van der Waals surface area contributed by atoms with Gasteiger partial charge in [-0.25, -0.2) is 4.39 Å². The minimum Gasteiger partial charge on any atom is -0.321 e. The average Bonchev–Trinajstić information content (AvgIpc) is 3.13. The standard InChI is InChI=1S/C15H20FN/c16-14-6-2-1-5-13(14)15(17)9-3-4-12(10-15)11-7-8-11/h1-2,5-6,11-12H,3-4,7-10,17H2. The van der Waals surface area contributed by atoms with Crippen molar-refractivity contribution in [1.82, 2.24) is 0 Å². The molecule has 2 atom stereocenters. The van der Waals surface area contributed by atoms with Gasteiger partial charge in [0.1, 0.15) is 5.82 Å². The highest BCUT2D eigenvalue weighted by atomic mass is 19.1. The Hall–Kier alpha value is -0.890. The number of hydrogen-bond donors (Lipinski definition) is 1. The van der Waals surface area contributed by atoms with E-state index in [4.69, 9.17) is 5.73 Å². The third-order valence-electron chi connectivity index (χ3n) is 4.52. The van der Waals surface area contributed by atoms with Crippen LogP contribution in [0.25, 0.3) is 0 Å².